The van der Waals surface area contributed by atoms with Gasteiger partial charge in [0.1, 0.15) is 36.4 Å². The summed E-state index contributed by atoms with van der Waals surface area (Å²) in [4.78, 5) is 31.5. The smallest absolute Gasteiger partial charge is 0.324 e. The maximum Gasteiger partial charge on any atom is 0.324 e. The van der Waals surface area contributed by atoms with Crippen molar-refractivity contribution in [3.05, 3.63) is 45.8 Å². The van der Waals surface area contributed by atoms with Crippen molar-refractivity contribution in [2.45, 2.75) is 31.4 Å². The van der Waals surface area contributed by atoms with Gasteiger partial charge in [-0.1, -0.05) is 13.8 Å². The molecule has 3 aromatic rings. The van der Waals surface area contributed by atoms with Gasteiger partial charge in [-0.3, -0.25) is 9.59 Å². The number of esters is 1. The molecule has 1 aromatic carbocycles. The van der Waals surface area contributed by atoms with Crippen LogP contribution in [0.5, 0.6) is 11.5 Å². The largest absolute Gasteiger partial charge is 0.486 e. The summed E-state index contributed by atoms with van der Waals surface area (Å²) in [5, 5.41) is 1.74. The van der Waals surface area contributed by atoms with Crippen LogP contribution in [0.25, 0.3) is 10.2 Å². The molecule has 0 unspecified atom stereocenters. The number of nitrogens with one attached hydrogen (secondary N) is 2. The molecular formula is C20H21N3O7S2. The van der Waals surface area contributed by atoms with Gasteiger partial charge in [0.2, 0.25) is 10.0 Å². The Morgan fingerprint density at radius 1 is 1.25 bits per heavy atom. The highest BCUT2D eigenvalue weighted by molar-refractivity contribution is 7.89. The van der Waals surface area contributed by atoms with E-state index < -0.39 is 28.0 Å². The lowest BCUT2D eigenvalue weighted by atomic mass is 10.1. The van der Waals surface area contributed by atoms with Crippen molar-refractivity contribution in [1.29, 1.82) is 0 Å². The first kappa shape index (κ1) is 22.2. The molecule has 3 heterocycles. The van der Waals surface area contributed by atoms with E-state index >= 15 is 0 Å². The number of thiophene rings is 1. The standard InChI is InChI=1S/C20H21N3O7S2/c1-11(2)17(20(25)30-10-16-21-13-5-8-31-18(13)19(24)22-16)23-32(26,27)12-3-4-14-15(9-12)29-7-6-28-14/h3-5,8-9,11,17,23H,6-7,10H2,1-2H3,(H,21,22,24)/t17-/m1/s1. The predicted molar refractivity (Wildman–Crippen MR) is 116 cm³/mol. The van der Waals surface area contributed by atoms with Crippen molar-refractivity contribution in [2.75, 3.05) is 13.2 Å². The summed E-state index contributed by atoms with van der Waals surface area (Å²) in [7, 11) is -4.05. The fourth-order valence-corrected chi connectivity index (χ4v) is 5.18. The van der Waals surface area contributed by atoms with Gasteiger partial charge < -0.3 is 19.2 Å². The quantitative estimate of drug-likeness (QED) is 0.490. The van der Waals surface area contributed by atoms with Crippen LogP contribution in [0.4, 0.5) is 0 Å². The Balaban J connectivity index is 1.48. The van der Waals surface area contributed by atoms with E-state index in [0.717, 1.165) is 0 Å². The van der Waals surface area contributed by atoms with Crippen LogP contribution in [0.2, 0.25) is 0 Å². The summed E-state index contributed by atoms with van der Waals surface area (Å²) in [6.45, 7) is 3.79. The van der Waals surface area contributed by atoms with Gasteiger partial charge >= 0.3 is 5.97 Å². The number of nitrogens with zero attached hydrogens (tertiary/aromatic N) is 1. The molecule has 2 aromatic heterocycles. The molecule has 10 nitrogen and oxygen atoms in total. The van der Waals surface area contributed by atoms with Gasteiger partial charge in [0, 0.05) is 6.07 Å². The van der Waals surface area contributed by atoms with Crippen LogP contribution in [0.15, 0.2) is 39.3 Å². The molecule has 0 spiro atoms. The van der Waals surface area contributed by atoms with Crippen molar-refractivity contribution in [1.82, 2.24) is 14.7 Å². The molecule has 170 valence electrons. The maximum absolute atomic E-state index is 12.9. The zero-order valence-corrected chi connectivity index (χ0v) is 18.9. The van der Waals surface area contributed by atoms with Gasteiger partial charge in [0.25, 0.3) is 5.56 Å². The number of hydrogen-bond acceptors (Lipinski definition) is 9. The van der Waals surface area contributed by atoms with E-state index in [2.05, 4.69) is 14.7 Å². The van der Waals surface area contributed by atoms with Crippen molar-refractivity contribution in [2.24, 2.45) is 5.92 Å². The topological polar surface area (TPSA) is 137 Å². The first-order valence-corrected chi connectivity index (χ1v) is 12.2. The first-order valence-electron chi connectivity index (χ1n) is 9.79. The van der Waals surface area contributed by atoms with Crippen LogP contribution >= 0.6 is 11.3 Å². The number of aromatic nitrogens is 2. The number of benzene rings is 1. The van der Waals surface area contributed by atoms with Crippen LogP contribution in [-0.4, -0.2) is 43.6 Å². The third-order valence-corrected chi connectivity index (χ3v) is 7.08. The van der Waals surface area contributed by atoms with Gasteiger partial charge in [-0.05, 0) is 29.5 Å². The molecule has 1 atom stereocenters. The number of hydrogen-bond donors (Lipinski definition) is 2. The molecule has 0 fully saturated rings. The van der Waals surface area contributed by atoms with E-state index in [1.165, 1.54) is 29.5 Å². The normalized spacial score (nSPS) is 14.5. The molecule has 1 aliphatic heterocycles. The minimum absolute atomic E-state index is 0.0610. The van der Waals surface area contributed by atoms with E-state index in [-0.39, 0.29) is 22.9 Å². The summed E-state index contributed by atoms with van der Waals surface area (Å²) in [5.74, 6) is -0.234. The molecule has 32 heavy (non-hydrogen) atoms. The minimum Gasteiger partial charge on any atom is -0.486 e. The fraction of sp³-hybridized carbons (Fsp3) is 0.350. The molecule has 0 saturated heterocycles. The van der Waals surface area contributed by atoms with Gasteiger partial charge in [-0.2, -0.15) is 4.72 Å². The molecule has 2 N–H and O–H groups in total. The second-order valence-corrected chi connectivity index (χ2v) is 10.0. The molecule has 0 amide bonds. The lowest BCUT2D eigenvalue weighted by Gasteiger charge is -2.22. The van der Waals surface area contributed by atoms with Gasteiger partial charge in [0.15, 0.2) is 11.5 Å². The number of aromatic amines is 1. The van der Waals surface area contributed by atoms with Crippen LogP contribution in [0.3, 0.4) is 0 Å². The minimum atomic E-state index is -4.05. The lowest BCUT2D eigenvalue weighted by Crippen LogP contribution is -2.45. The number of H-pyrrole nitrogens is 1. The van der Waals surface area contributed by atoms with Crippen molar-refractivity contribution < 1.29 is 27.4 Å². The lowest BCUT2D eigenvalue weighted by molar-refractivity contribution is -0.148. The van der Waals surface area contributed by atoms with Crippen LogP contribution in [0, 0.1) is 5.92 Å². The third-order valence-electron chi connectivity index (χ3n) is 4.74. The number of sulfonamides is 1. The Labute approximate surface area is 187 Å². The molecule has 4 rings (SSSR count). The predicted octanol–water partition coefficient (Wildman–Crippen LogP) is 1.80. The maximum atomic E-state index is 12.9. The van der Waals surface area contributed by atoms with E-state index in [1.54, 1.807) is 25.3 Å². The van der Waals surface area contributed by atoms with Crippen LogP contribution in [0.1, 0.15) is 19.7 Å². The zero-order chi connectivity index (χ0) is 22.9. The average molecular weight is 480 g/mol. The highest BCUT2D eigenvalue weighted by Crippen LogP contribution is 2.32. The van der Waals surface area contributed by atoms with E-state index in [0.29, 0.717) is 34.9 Å². The van der Waals surface area contributed by atoms with Crippen molar-refractivity contribution >= 4 is 37.5 Å². The van der Waals surface area contributed by atoms with Gasteiger partial charge in [0.05, 0.1) is 10.4 Å². The molecule has 0 radical (unpaired) electrons. The van der Waals surface area contributed by atoms with E-state index in [4.69, 9.17) is 14.2 Å². The number of carbonyl (C=O) groups is 1. The number of rotatable bonds is 7. The fourth-order valence-electron chi connectivity index (χ4n) is 3.10. The second-order valence-electron chi connectivity index (χ2n) is 7.40. The molecule has 1 aliphatic rings. The Hall–Kier alpha value is -2.96. The highest BCUT2D eigenvalue weighted by atomic mass is 32.2. The number of carbonyl (C=O) groups excluding carboxylic acids is 1. The Morgan fingerprint density at radius 2 is 2.00 bits per heavy atom. The van der Waals surface area contributed by atoms with Crippen molar-refractivity contribution in [3.8, 4) is 11.5 Å². The molecule has 0 saturated carbocycles. The van der Waals surface area contributed by atoms with Crippen molar-refractivity contribution in [3.63, 3.8) is 0 Å². The monoisotopic (exact) mass is 479 g/mol. The summed E-state index contributed by atoms with van der Waals surface area (Å²) in [6.07, 6.45) is 0. The van der Waals surface area contributed by atoms with Gasteiger partial charge in [-0.25, -0.2) is 13.4 Å². The molecule has 12 heteroatoms. The Bertz CT molecular complexity index is 1310. The Morgan fingerprint density at radius 3 is 2.75 bits per heavy atom. The van der Waals surface area contributed by atoms with Gasteiger partial charge in [-0.15, -0.1) is 11.3 Å². The summed E-state index contributed by atoms with van der Waals surface area (Å²) in [6, 6.07) is 4.78. The molecular weight excluding hydrogens is 458 g/mol. The van der Waals surface area contributed by atoms with Crippen LogP contribution < -0.4 is 19.8 Å². The summed E-state index contributed by atoms with van der Waals surface area (Å²) in [5.41, 5.74) is 0.181. The van der Waals surface area contributed by atoms with Crippen LogP contribution in [-0.2, 0) is 26.2 Å². The number of ether oxygens (including phenoxy) is 3. The Kier molecular flexibility index (Phi) is 6.17. The second kappa shape index (κ2) is 8.88. The van der Waals surface area contributed by atoms with E-state index in [1.807, 2.05) is 0 Å². The summed E-state index contributed by atoms with van der Waals surface area (Å²) < 4.78 is 44.8. The number of fused-ring (bicyclic) bond motifs is 2. The molecule has 0 aliphatic carbocycles. The SMILES string of the molecule is CC(C)[C@@H](NS(=O)(=O)c1ccc2c(c1)OCCO2)C(=O)OCc1nc2ccsc2c(=O)[nH]1. The highest BCUT2D eigenvalue weighted by Gasteiger charge is 2.30. The molecule has 0 bridgehead atoms. The first-order chi connectivity index (χ1) is 15.2. The third kappa shape index (κ3) is 4.61. The zero-order valence-electron chi connectivity index (χ0n) is 17.3. The average Bonchev–Trinajstić information content (AvgIpc) is 3.24. The summed E-state index contributed by atoms with van der Waals surface area (Å²) >= 11 is 1.26. The van der Waals surface area contributed by atoms with E-state index in [9.17, 15) is 18.0 Å².